The van der Waals surface area contributed by atoms with Gasteiger partial charge in [-0.2, -0.15) is 0 Å². The molecular weight excluding hydrogens is 450 g/mol. The summed E-state index contributed by atoms with van der Waals surface area (Å²) >= 11 is 0. The van der Waals surface area contributed by atoms with Gasteiger partial charge in [-0.25, -0.2) is 0 Å². The normalized spacial score (nSPS) is 15.8. The van der Waals surface area contributed by atoms with Crippen LogP contribution >= 0.6 is 0 Å². The minimum Gasteiger partial charge on any atom is -0.503 e. The minimum atomic E-state index is -0.737. The van der Waals surface area contributed by atoms with E-state index in [0.29, 0.717) is 23.8 Å². The fourth-order valence-corrected chi connectivity index (χ4v) is 4.21. The van der Waals surface area contributed by atoms with Gasteiger partial charge >= 0.3 is 0 Å². The van der Waals surface area contributed by atoms with Gasteiger partial charge in [0, 0.05) is 6.54 Å². The van der Waals surface area contributed by atoms with Crippen molar-refractivity contribution in [1.29, 1.82) is 0 Å². The summed E-state index contributed by atoms with van der Waals surface area (Å²) in [6.07, 6.45) is 4.02. The molecule has 1 amide bonds. The number of carbonyl (C=O) groups is 2. The van der Waals surface area contributed by atoms with Crippen LogP contribution in [0, 0.1) is 5.92 Å². The molecule has 1 unspecified atom stereocenters. The second kappa shape index (κ2) is 11.5. The number of amides is 1. The molecule has 0 aliphatic carbocycles. The van der Waals surface area contributed by atoms with Crippen molar-refractivity contribution in [2.75, 3.05) is 6.61 Å². The van der Waals surface area contributed by atoms with Crippen LogP contribution in [0.4, 0.5) is 0 Å². The molecule has 1 atom stereocenters. The van der Waals surface area contributed by atoms with Gasteiger partial charge in [0.05, 0.1) is 18.2 Å². The zero-order valence-corrected chi connectivity index (χ0v) is 20.6. The Bertz CT molecular complexity index is 1260. The van der Waals surface area contributed by atoms with E-state index in [-0.39, 0.29) is 12.1 Å². The van der Waals surface area contributed by atoms with Crippen molar-refractivity contribution in [2.24, 2.45) is 5.92 Å². The van der Waals surface area contributed by atoms with Gasteiger partial charge in [0.2, 0.25) is 0 Å². The summed E-state index contributed by atoms with van der Waals surface area (Å²) in [5.74, 6) is -0.298. The second-order valence-electron chi connectivity index (χ2n) is 9.30. The fraction of sp³-hybridized carbons (Fsp3) is 0.226. The number of ether oxygens (including phenoxy) is 1. The average molecular weight is 482 g/mol. The van der Waals surface area contributed by atoms with E-state index in [0.717, 1.165) is 17.5 Å². The second-order valence-corrected chi connectivity index (χ2v) is 9.30. The lowest BCUT2D eigenvalue weighted by Crippen LogP contribution is -2.30. The van der Waals surface area contributed by atoms with Crippen LogP contribution in [0.15, 0.2) is 102 Å². The van der Waals surface area contributed by atoms with E-state index in [4.69, 9.17) is 4.74 Å². The molecule has 5 heteroatoms. The van der Waals surface area contributed by atoms with E-state index in [2.05, 4.69) is 13.8 Å². The molecule has 0 saturated heterocycles. The minimum absolute atomic E-state index is 0.0717. The van der Waals surface area contributed by atoms with Gasteiger partial charge < -0.3 is 14.7 Å². The Morgan fingerprint density at radius 1 is 1.00 bits per heavy atom. The van der Waals surface area contributed by atoms with Crippen molar-refractivity contribution in [1.82, 2.24) is 4.90 Å². The van der Waals surface area contributed by atoms with Crippen molar-refractivity contribution in [2.45, 2.75) is 32.9 Å². The lowest BCUT2D eigenvalue weighted by Gasteiger charge is -2.27. The quantitative estimate of drug-likeness (QED) is 0.346. The number of aliphatic hydroxyl groups is 1. The zero-order valence-electron chi connectivity index (χ0n) is 20.6. The molecule has 0 aromatic heterocycles. The molecule has 0 bridgehead atoms. The Hall–Kier alpha value is -4.12. The molecule has 3 aromatic rings. The Morgan fingerprint density at radius 2 is 1.69 bits per heavy atom. The molecule has 1 aliphatic heterocycles. The van der Waals surface area contributed by atoms with Gasteiger partial charge in [0.15, 0.2) is 11.5 Å². The lowest BCUT2D eigenvalue weighted by atomic mass is 9.95. The number of rotatable bonds is 10. The molecular formula is C31H31NO4. The number of carbonyl (C=O) groups excluding carboxylic acids is 2. The molecule has 4 rings (SSSR count). The maximum Gasteiger partial charge on any atom is 0.290 e. The molecule has 184 valence electrons. The first kappa shape index (κ1) is 25.0. The van der Waals surface area contributed by atoms with E-state index in [1.807, 2.05) is 84.9 Å². The number of hydrogen-bond donors (Lipinski definition) is 1. The molecule has 3 aromatic carbocycles. The van der Waals surface area contributed by atoms with Crippen LogP contribution in [0.5, 0.6) is 5.75 Å². The molecule has 36 heavy (non-hydrogen) atoms. The average Bonchev–Trinajstić information content (AvgIpc) is 3.13. The van der Waals surface area contributed by atoms with Crippen LogP contribution in [0.1, 0.15) is 43.0 Å². The number of benzene rings is 3. The van der Waals surface area contributed by atoms with Gasteiger partial charge in [0.25, 0.3) is 5.91 Å². The number of aliphatic hydroxyl groups excluding tert-OH is 1. The van der Waals surface area contributed by atoms with Gasteiger partial charge in [-0.3, -0.25) is 9.59 Å². The predicted molar refractivity (Wildman–Crippen MR) is 141 cm³/mol. The maximum atomic E-state index is 13.4. The molecule has 5 nitrogen and oxygen atoms in total. The number of ketones is 1. The smallest absolute Gasteiger partial charge is 0.290 e. The van der Waals surface area contributed by atoms with Crippen LogP contribution in [0.3, 0.4) is 0 Å². The molecule has 0 spiro atoms. The van der Waals surface area contributed by atoms with E-state index in [1.165, 1.54) is 6.08 Å². The monoisotopic (exact) mass is 481 g/mol. The molecule has 0 saturated carbocycles. The summed E-state index contributed by atoms with van der Waals surface area (Å²) in [7, 11) is 0. The summed E-state index contributed by atoms with van der Waals surface area (Å²) in [4.78, 5) is 28.1. The van der Waals surface area contributed by atoms with E-state index in [9.17, 15) is 14.7 Å². The molecule has 1 N–H and O–H groups in total. The summed E-state index contributed by atoms with van der Waals surface area (Å²) in [6, 6.07) is 25.7. The Morgan fingerprint density at radius 3 is 2.39 bits per heavy atom. The van der Waals surface area contributed by atoms with E-state index in [1.54, 1.807) is 11.0 Å². The molecule has 1 aliphatic rings. The fourth-order valence-electron chi connectivity index (χ4n) is 4.21. The summed E-state index contributed by atoms with van der Waals surface area (Å²) in [5, 5.41) is 10.9. The van der Waals surface area contributed by atoms with Gasteiger partial charge in [-0.1, -0.05) is 92.7 Å². The Labute approximate surface area is 212 Å². The number of allylic oxidation sites excluding steroid dienone is 1. The lowest BCUT2D eigenvalue weighted by molar-refractivity contribution is -0.130. The zero-order chi connectivity index (χ0) is 25.5. The van der Waals surface area contributed by atoms with Crippen LogP contribution in [0.2, 0.25) is 0 Å². The summed E-state index contributed by atoms with van der Waals surface area (Å²) in [6.45, 7) is 5.11. The highest BCUT2D eigenvalue weighted by Gasteiger charge is 2.43. The van der Waals surface area contributed by atoms with Gasteiger partial charge in [-0.15, -0.1) is 0 Å². The first-order valence-electron chi connectivity index (χ1n) is 12.2. The van der Waals surface area contributed by atoms with Crippen LogP contribution in [-0.2, 0) is 16.1 Å². The third kappa shape index (κ3) is 5.92. The van der Waals surface area contributed by atoms with E-state index < -0.39 is 23.5 Å². The van der Waals surface area contributed by atoms with Crippen molar-refractivity contribution in [3.8, 4) is 5.75 Å². The van der Waals surface area contributed by atoms with E-state index >= 15 is 0 Å². The highest BCUT2D eigenvalue weighted by Crippen LogP contribution is 2.40. The van der Waals surface area contributed by atoms with Crippen molar-refractivity contribution >= 4 is 17.8 Å². The first-order valence-corrected chi connectivity index (χ1v) is 12.2. The number of hydrogen-bond acceptors (Lipinski definition) is 4. The maximum absolute atomic E-state index is 13.4. The van der Waals surface area contributed by atoms with Crippen molar-refractivity contribution < 1.29 is 19.4 Å². The SMILES string of the molecule is CC(C)CCOc1cccc(C2C(C(=O)/C=C/c3ccccc3)=C(O)C(=O)N2Cc2ccccc2)c1. The summed E-state index contributed by atoms with van der Waals surface area (Å²) < 4.78 is 5.94. The van der Waals surface area contributed by atoms with Crippen LogP contribution < -0.4 is 4.74 Å². The first-order chi connectivity index (χ1) is 17.4. The van der Waals surface area contributed by atoms with Crippen molar-refractivity contribution in [3.05, 3.63) is 119 Å². The molecule has 0 fully saturated rings. The molecule has 0 radical (unpaired) electrons. The van der Waals surface area contributed by atoms with Crippen LogP contribution in [-0.4, -0.2) is 28.3 Å². The van der Waals surface area contributed by atoms with Crippen molar-refractivity contribution in [3.63, 3.8) is 0 Å². The third-order valence-electron chi connectivity index (χ3n) is 6.13. The topological polar surface area (TPSA) is 66.8 Å². The highest BCUT2D eigenvalue weighted by atomic mass is 16.5. The summed E-state index contributed by atoms with van der Waals surface area (Å²) in [5.41, 5.74) is 2.54. The third-order valence-corrected chi connectivity index (χ3v) is 6.13. The van der Waals surface area contributed by atoms with Gasteiger partial charge in [0.1, 0.15) is 5.75 Å². The molecule has 1 heterocycles. The van der Waals surface area contributed by atoms with Gasteiger partial charge in [-0.05, 0) is 47.2 Å². The predicted octanol–water partition coefficient (Wildman–Crippen LogP) is 6.29. The standard InChI is InChI=1S/C31H31NO4/c1-22(2)18-19-36-26-15-9-14-25(20-26)29-28(27(33)17-16-23-10-5-3-6-11-23)30(34)31(35)32(29)21-24-12-7-4-8-13-24/h3-17,20,22,29,34H,18-19,21H2,1-2H3/b17-16+. The Kier molecular flexibility index (Phi) is 8.01. The Balaban J connectivity index is 1.69. The highest BCUT2D eigenvalue weighted by molar-refractivity contribution is 6.14. The largest absolute Gasteiger partial charge is 0.503 e. The van der Waals surface area contributed by atoms with Crippen LogP contribution in [0.25, 0.3) is 6.08 Å². The number of nitrogens with zero attached hydrogens (tertiary/aromatic N) is 1.